The van der Waals surface area contributed by atoms with Crippen molar-refractivity contribution < 1.29 is 25.2 Å². The van der Waals surface area contributed by atoms with Crippen molar-refractivity contribution in [2.45, 2.75) is 56.2 Å². The topological polar surface area (TPSA) is 90.2 Å². The van der Waals surface area contributed by atoms with E-state index in [2.05, 4.69) is 24.3 Å². The van der Waals surface area contributed by atoms with Crippen LogP contribution in [0.25, 0.3) is 0 Å². The van der Waals surface area contributed by atoms with Crippen molar-refractivity contribution in [3.05, 3.63) is 69.7 Å². The Kier molecular flexibility index (Phi) is 6.25. The minimum Gasteiger partial charge on any atom is -0.394 e. The maximum absolute atomic E-state index is 10.4. The van der Waals surface area contributed by atoms with Gasteiger partial charge in [-0.3, -0.25) is 0 Å². The minimum atomic E-state index is -1.39. The molecule has 1 fully saturated rings. The van der Waals surface area contributed by atoms with Gasteiger partial charge in [0.15, 0.2) is 0 Å². The van der Waals surface area contributed by atoms with Crippen LogP contribution >= 0.6 is 11.6 Å². The molecule has 6 heteroatoms. The van der Waals surface area contributed by atoms with E-state index in [-0.39, 0.29) is 0 Å². The summed E-state index contributed by atoms with van der Waals surface area (Å²) in [6, 6.07) is 14.0. The molecule has 4 N–H and O–H groups in total. The normalized spacial score (nSPS) is 32.0. The molecule has 0 amide bonds. The van der Waals surface area contributed by atoms with Crippen LogP contribution in [-0.4, -0.2) is 51.4 Å². The first-order chi connectivity index (χ1) is 14.0. The van der Waals surface area contributed by atoms with Gasteiger partial charge in [0.1, 0.15) is 30.5 Å². The Morgan fingerprint density at radius 1 is 0.966 bits per heavy atom. The predicted octanol–water partition coefficient (Wildman–Crippen LogP) is 2.20. The number of halogens is 1. The zero-order chi connectivity index (χ0) is 20.5. The van der Waals surface area contributed by atoms with E-state index in [4.69, 9.17) is 16.3 Å². The monoisotopic (exact) mass is 418 g/mol. The molecule has 0 saturated carbocycles. The first-order valence-corrected chi connectivity index (χ1v) is 10.5. The van der Waals surface area contributed by atoms with Gasteiger partial charge in [-0.2, -0.15) is 0 Å². The first kappa shape index (κ1) is 20.8. The summed E-state index contributed by atoms with van der Waals surface area (Å²) < 4.78 is 5.69. The van der Waals surface area contributed by atoms with E-state index < -0.39 is 37.1 Å². The molecule has 2 aromatic rings. The van der Waals surface area contributed by atoms with Crippen LogP contribution in [0.3, 0.4) is 0 Å². The van der Waals surface area contributed by atoms with Crippen LogP contribution in [0.15, 0.2) is 42.5 Å². The summed E-state index contributed by atoms with van der Waals surface area (Å²) in [6.07, 6.45) is -1.82. The second-order valence-corrected chi connectivity index (χ2v) is 8.59. The Morgan fingerprint density at radius 3 is 2.48 bits per heavy atom. The third kappa shape index (κ3) is 4.22. The fraction of sp³-hybridized carbons (Fsp3) is 0.478. The number of aliphatic hydroxyl groups excluding tert-OH is 4. The van der Waals surface area contributed by atoms with Crippen molar-refractivity contribution in [1.82, 2.24) is 0 Å². The number of fused-ring (bicyclic) bond motifs is 1. The molecule has 1 saturated heterocycles. The largest absolute Gasteiger partial charge is 0.394 e. The summed E-state index contributed by atoms with van der Waals surface area (Å²) in [6.45, 7) is -0.441. The maximum atomic E-state index is 10.4. The molecule has 2 aromatic carbocycles. The van der Waals surface area contributed by atoms with Crippen molar-refractivity contribution in [1.29, 1.82) is 0 Å². The molecule has 1 aliphatic carbocycles. The lowest BCUT2D eigenvalue weighted by Crippen LogP contribution is -2.55. The van der Waals surface area contributed by atoms with Gasteiger partial charge in [0, 0.05) is 5.02 Å². The Morgan fingerprint density at radius 2 is 1.72 bits per heavy atom. The van der Waals surface area contributed by atoms with Gasteiger partial charge >= 0.3 is 0 Å². The molecule has 0 aromatic heterocycles. The van der Waals surface area contributed by atoms with Crippen molar-refractivity contribution in [2.75, 3.05) is 6.61 Å². The fourth-order valence-electron chi connectivity index (χ4n) is 4.56. The lowest BCUT2D eigenvalue weighted by Gasteiger charge is -2.40. The average Bonchev–Trinajstić information content (AvgIpc) is 2.74. The van der Waals surface area contributed by atoms with Gasteiger partial charge in [0.25, 0.3) is 0 Å². The number of rotatable bonds is 4. The number of ether oxygens (including phenoxy) is 1. The van der Waals surface area contributed by atoms with Gasteiger partial charge in [-0.05, 0) is 59.9 Å². The van der Waals surface area contributed by atoms with Crippen LogP contribution in [0, 0.1) is 5.92 Å². The van der Waals surface area contributed by atoms with Crippen LogP contribution in [0.5, 0.6) is 0 Å². The van der Waals surface area contributed by atoms with Crippen LogP contribution in [0.1, 0.15) is 34.8 Å². The number of hydrogen-bond acceptors (Lipinski definition) is 5. The number of aryl methyl sites for hydroxylation is 1. The molecule has 29 heavy (non-hydrogen) atoms. The third-order valence-electron chi connectivity index (χ3n) is 6.25. The van der Waals surface area contributed by atoms with Crippen LogP contribution in [0.4, 0.5) is 0 Å². The summed E-state index contributed by atoms with van der Waals surface area (Å²) in [4.78, 5) is 0. The van der Waals surface area contributed by atoms with Crippen molar-refractivity contribution in [3.63, 3.8) is 0 Å². The fourth-order valence-corrected chi connectivity index (χ4v) is 4.76. The Balaban J connectivity index is 1.54. The molecule has 1 heterocycles. The number of aliphatic hydroxyl groups is 4. The molecule has 156 valence electrons. The molecule has 0 bridgehead atoms. The van der Waals surface area contributed by atoms with E-state index in [9.17, 15) is 20.4 Å². The third-order valence-corrected chi connectivity index (χ3v) is 6.62. The smallest absolute Gasteiger partial charge is 0.113 e. The molecule has 2 aliphatic rings. The summed E-state index contributed by atoms with van der Waals surface area (Å²) in [5.74, 6) is 0.479. The van der Waals surface area contributed by atoms with Crippen LogP contribution in [-0.2, 0) is 24.0 Å². The SMILES string of the molecule is OC[C@H]1O[C@@H](c2ccc(Cl)c(CC3CCc4ccccc4C3)c2)[C@H](O)[C@@H](O)[C@@H]1O. The zero-order valence-electron chi connectivity index (χ0n) is 16.1. The van der Waals surface area contributed by atoms with E-state index in [1.54, 1.807) is 12.1 Å². The van der Waals surface area contributed by atoms with Gasteiger partial charge in [0.05, 0.1) is 6.61 Å². The Bertz CT molecular complexity index is 855. The molecule has 0 radical (unpaired) electrons. The standard InChI is InChI=1S/C23H27ClO5/c24-18-8-7-16(23-22(28)21(27)20(26)19(12-25)29-23)11-17(18)10-13-5-6-14-3-1-2-4-15(14)9-13/h1-4,7-8,11,13,19-23,25-28H,5-6,9-10,12H2/t13?,19-,20-,21+,22-,23+/m1/s1. The van der Waals surface area contributed by atoms with Crippen molar-refractivity contribution in [2.24, 2.45) is 5.92 Å². The summed E-state index contributed by atoms with van der Waals surface area (Å²) in [7, 11) is 0. The second-order valence-electron chi connectivity index (χ2n) is 8.18. The second kappa shape index (κ2) is 8.72. The maximum Gasteiger partial charge on any atom is 0.113 e. The molecular formula is C23H27ClO5. The highest BCUT2D eigenvalue weighted by Gasteiger charge is 2.44. The lowest BCUT2D eigenvalue weighted by molar-refractivity contribution is -0.231. The zero-order valence-corrected chi connectivity index (χ0v) is 16.9. The van der Waals surface area contributed by atoms with Crippen LogP contribution < -0.4 is 0 Å². The van der Waals surface area contributed by atoms with Crippen LogP contribution in [0.2, 0.25) is 5.02 Å². The summed E-state index contributed by atoms with van der Waals surface area (Å²) >= 11 is 6.47. The van der Waals surface area contributed by atoms with Gasteiger partial charge in [0.2, 0.25) is 0 Å². The molecule has 1 unspecified atom stereocenters. The van der Waals surface area contributed by atoms with Crippen molar-refractivity contribution in [3.8, 4) is 0 Å². The van der Waals surface area contributed by atoms with Gasteiger partial charge in [-0.25, -0.2) is 0 Å². The molecule has 5 nitrogen and oxygen atoms in total. The molecule has 0 spiro atoms. The van der Waals surface area contributed by atoms with E-state index in [0.29, 0.717) is 16.5 Å². The Hall–Kier alpha value is -1.47. The van der Waals surface area contributed by atoms with Crippen molar-refractivity contribution >= 4 is 11.6 Å². The van der Waals surface area contributed by atoms with E-state index in [1.165, 1.54) is 11.1 Å². The summed E-state index contributed by atoms with van der Waals surface area (Å²) in [5.41, 5.74) is 4.47. The van der Waals surface area contributed by atoms with Gasteiger partial charge in [-0.1, -0.05) is 48.0 Å². The quantitative estimate of drug-likeness (QED) is 0.611. The minimum absolute atomic E-state index is 0.441. The first-order valence-electron chi connectivity index (χ1n) is 10.1. The number of hydrogen-bond donors (Lipinski definition) is 4. The Labute approximate surface area is 175 Å². The highest BCUT2D eigenvalue weighted by atomic mass is 35.5. The van der Waals surface area contributed by atoms with Gasteiger partial charge < -0.3 is 25.2 Å². The highest BCUT2D eigenvalue weighted by molar-refractivity contribution is 6.31. The highest BCUT2D eigenvalue weighted by Crippen LogP contribution is 2.35. The molecule has 1 aliphatic heterocycles. The average molecular weight is 419 g/mol. The molecular weight excluding hydrogens is 392 g/mol. The van der Waals surface area contributed by atoms with E-state index >= 15 is 0 Å². The van der Waals surface area contributed by atoms with E-state index in [1.807, 2.05) is 6.07 Å². The van der Waals surface area contributed by atoms with E-state index in [0.717, 1.165) is 31.2 Å². The molecule has 4 rings (SSSR count). The van der Waals surface area contributed by atoms with Gasteiger partial charge in [-0.15, -0.1) is 0 Å². The number of benzene rings is 2. The lowest BCUT2D eigenvalue weighted by atomic mass is 9.80. The molecule has 6 atom stereocenters. The summed E-state index contributed by atoms with van der Waals surface area (Å²) in [5, 5.41) is 40.6. The predicted molar refractivity (Wildman–Crippen MR) is 110 cm³/mol.